The van der Waals surface area contributed by atoms with Crippen LogP contribution in [0, 0.1) is 0 Å². The zero-order valence-electron chi connectivity index (χ0n) is 9.87. The molecule has 1 unspecified atom stereocenters. The van der Waals surface area contributed by atoms with Crippen molar-refractivity contribution in [2.24, 2.45) is 0 Å². The number of rotatable bonds is 6. The summed E-state index contributed by atoms with van der Waals surface area (Å²) in [6.45, 7) is 0.166. The highest BCUT2D eigenvalue weighted by Crippen LogP contribution is 1.95. The van der Waals surface area contributed by atoms with E-state index in [1.54, 1.807) is 24.5 Å². The van der Waals surface area contributed by atoms with E-state index in [1.807, 2.05) is 0 Å². The molecule has 1 aromatic heterocycles. The molecule has 0 saturated carbocycles. The van der Waals surface area contributed by atoms with Crippen molar-refractivity contribution < 1.29 is 24.6 Å². The second-order valence-corrected chi connectivity index (χ2v) is 3.68. The molecule has 4 N–H and O–H groups in total. The highest BCUT2D eigenvalue weighted by atomic mass is 16.4. The Morgan fingerprint density at radius 2 is 2.05 bits per heavy atom. The van der Waals surface area contributed by atoms with Crippen molar-refractivity contribution in [3.8, 4) is 0 Å². The van der Waals surface area contributed by atoms with Gasteiger partial charge in [-0.05, 0) is 11.6 Å². The van der Waals surface area contributed by atoms with Crippen molar-refractivity contribution in [2.45, 2.75) is 19.0 Å². The molecule has 0 aliphatic carbocycles. The Morgan fingerprint density at radius 1 is 1.32 bits per heavy atom. The van der Waals surface area contributed by atoms with Crippen molar-refractivity contribution in [2.75, 3.05) is 0 Å². The van der Waals surface area contributed by atoms with E-state index >= 15 is 0 Å². The van der Waals surface area contributed by atoms with Crippen molar-refractivity contribution >= 4 is 18.0 Å². The second-order valence-electron chi connectivity index (χ2n) is 3.68. The molecule has 1 rings (SSSR count). The van der Waals surface area contributed by atoms with E-state index in [4.69, 9.17) is 10.2 Å². The number of amides is 2. The van der Waals surface area contributed by atoms with Crippen LogP contribution < -0.4 is 10.6 Å². The number of aromatic nitrogens is 1. The van der Waals surface area contributed by atoms with Gasteiger partial charge in [0.2, 0.25) is 0 Å². The lowest BCUT2D eigenvalue weighted by Gasteiger charge is -2.13. The van der Waals surface area contributed by atoms with Gasteiger partial charge < -0.3 is 20.8 Å². The van der Waals surface area contributed by atoms with Gasteiger partial charge in [0.25, 0.3) is 0 Å². The summed E-state index contributed by atoms with van der Waals surface area (Å²) in [5.41, 5.74) is 0.739. The summed E-state index contributed by atoms with van der Waals surface area (Å²) < 4.78 is 0. The van der Waals surface area contributed by atoms with Gasteiger partial charge in [-0.3, -0.25) is 9.78 Å². The first-order valence-electron chi connectivity index (χ1n) is 5.37. The minimum atomic E-state index is -1.47. The third kappa shape index (κ3) is 5.48. The maximum Gasteiger partial charge on any atom is 0.326 e. The first-order chi connectivity index (χ1) is 8.99. The highest BCUT2D eigenvalue weighted by molar-refractivity contribution is 5.86. The Morgan fingerprint density at radius 3 is 2.58 bits per heavy atom. The van der Waals surface area contributed by atoms with Gasteiger partial charge >= 0.3 is 18.0 Å². The zero-order valence-corrected chi connectivity index (χ0v) is 9.87. The quantitative estimate of drug-likeness (QED) is 0.565. The number of carbonyl (C=O) groups is 3. The molecule has 0 aliphatic rings. The number of urea groups is 1. The largest absolute Gasteiger partial charge is 0.481 e. The number of hydrogen-bond acceptors (Lipinski definition) is 4. The summed E-state index contributed by atoms with van der Waals surface area (Å²) in [6, 6.07) is 1.21. The molecule has 0 aromatic carbocycles. The number of nitrogens with one attached hydrogen (secondary N) is 2. The first kappa shape index (κ1) is 14.4. The number of nitrogens with zero attached hydrogens (tertiary/aromatic N) is 1. The van der Waals surface area contributed by atoms with Crippen LogP contribution in [0.5, 0.6) is 0 Å². The fourth-order valence-electron chi connectivity index (χ4n) is 1.27. The normalized spacial score (nSPS) is 11.4. The standard InChI is InChI=1S/C11H13N3O5/c15-9(16)4-8(10(17)18)14-11(19)13-6-7-2-1-3-12-5-7/h1-3,5,8H,4,6H2,(H,15,16)(H,17,18)(H2,13,14,19). The van der Waals surface area contributed by atoms with Crippen LogP contribution >= 0.6 is 0 Å². The second kappa shape index (κ2) is 6.94. The average Bonchev–Trinajstić information content (AvgIpc) is 2.36. The monoisotopic (exact) mass is 267 g/mol. The van der Waals surface area contributed by atoms with Crippen LogP contribution in [-0.4, -0.2) is 39.2 Å². The molecule has 0 spiro atoms. The summed E-state index contributed by atoms with van der Waals surface area (Å²) >= 11 is 0. The van der Waals surface area contributed by atoms with Crippen LogP contribution in [0.1, 0.15) is 12.0 Å². The lowest BCUT2D eigenvalue weighted by molar-refractivity contribution is -0.145. The Labute approximate surface area is 108 Å². The summed E-state index contributed by atoms with van der Waals surface area (Å²) in [7, 11) is 0. The Balaban J connectivity index is 2.45. The molecule has 2 amide bonds. The predicted octanol–water partition coefficient (Wildman–Crippen LogP) is -0.191. The lowest BCUT2D eigenvalue weighted by atomic mass is 10.2. The molecule has 0 aliphatic heterocycles. The molecule has 1 heterocycles. The van der Waals surface area contributed by atoms with Crippen LogP contribution in [0.25, 0.3) is 0 Å². The van der Waals surface area contributed by atoms with Gasteiger partial charge in [0, 0.05) is 18.9 Å². The highest BCUT2D eigenvalue weighted by Gasteiger charge is 2.22. The van der Waals surface area contributed by atoms with Crippen molar-refractivity contribution in [3.63, 3.8) is 0 Å². The number of aliphatic carboxylic acids is 2. The van der Waals surface area contributed by atoms with Gasteiger partial charge in [-0.2, -0.15) is 0 Å². The number of carbonyl (C=O) groups excluding carboxylic acids is 1. The first-order valence-corrected chi connectivity index (χ1v) is 5.37. The van der Waals surface area contributed by atoms with Crippen molar-refractivity contribution in [1.29, 1.82) is 0 Å². The fraction of sp³-hybridized carbons (Fsp3) is 0.273. The van der Waals surface area contributed by atoms with E-state index < -0.39 is 30.4 Å². The van der Waals surface area contributed by atoms with Crippen LogP contribution in [0.15, 0.2) is 24.5 Å². The van der Waals surface area contributed by atoms with Gasteiger partial charge in [-0.15, -0.1) is 0 Å². The topological polar surface area (TPSA) is 129 Å². The third-order valence-electron chi connectivity index (χ3n) is 2.16. The molecule has 0 saturated heterocycles. The predicted molar refractivity (Wildman–Crippen MR) is 63.3 cm³/mol. The van der Waals surface area contributed by atoms with Crippen LogP contribution in [-0.2, 0) is 16.1 Å². The summed E-state index contributed by atoms with van der Waals surface area (Å²) in [5, 5.41) is 21.7. The number of hydrogen-bond donors (Lipinski definition) is 4. The minimum absolute atomic E-state index is 0.166. The summed E-state index contributed by atoms with van der Waals surface area (Å²) in [6.07, 6.45) is 2.44. The van der Waals surface area contributed by atoms with Crippen molar-refractivity contribution in [3.05, 3.63) is 30.1 Å². The molecule has 0 radical (unpaired) electrons. The van der Waals surface area contributed by atoms with Gasteiger partial charge in [0.15, 0.2) is 0 Å². The zero-order chi connectivity index (χ0) is 14.3. The molecule has 19 heavy (non-hydrogen) atoms. The molecular weight excluding hydrogens is 254 g/mol. The lowest BCUT2D eigenvalue weighted by Crippen LogP contribution is -2.46. The van der Waals surface area contributed by atoms with Crippen LogP contribution in [0.3, 0.4) is 0 Å². The van der Waals surface area contributed by atoms with E-state index in [9.17, 15) is 14.4 Å². The molecule has 0 bridgehead atoms. The Hall–Kier alpha value is -2.64. The molecule has 1 atom stereocenters. The van der Waals surface area contributed by atoms with E-state index in [1.165, 1.54) is 0 Å². The van der Waals surface area contributed by atoms with Gasteiger partial charge in [-0.25, -0.2) is 9.59 Å². The number of carboxylic acids is 2. The summed E-state index contributed by atoms with van der Waals surface area (Å²) in [5.74, 6) is -2.71. The number of pyridine rings is 1. The van der Waals surface area contributed by atoms with Gasteiger partial charge in [0.05, 0.1) is 6.42 Å². The van der Waals surface area contributed by atoms with Crippen LogP contribution in [0.4, 0.5) is 4.79 Å². The fourth-order valence-corrected chi connectivity index (χ4v) is 1.27. The van der Waals surface area contributed by atoms with Crippen LogP contribution in [0.2, 0.25) is 0 Å². The van der Waals surface area contributed by atoms with E-state index in [0.29, 0.717) is 0 Å². The molecule has 8 heteroatoms. The van der Waals surface area contributed by atoms with Crippen molar-refractivity contribution in [1.82, 2.24) is 15.6 Å². The Bertz CT molecular complexity index is 463. The minimum Gasteiger partial charge on any atom is -0.481 e. The molecular formula is C11H13N3O5. The smallest absolute Gasteiger partial charge is 0.326 e. The van der Waals surface area contributed by atoms with E-state index in [-0.39, 0.29) is 6.54 Å². The maximum absolute atomic E-state index is 11.4. The Kier molecular flexibility index (Phi) is 5.27. The molecule has 102 valence electrons. The molecule has 0 fully saturated rings. The van der Waals surface area contributed by atoms with Gasteiger partial charge in [-0.1, -0.05) is 6.07 Å². The van der Waals surface area contributed by atoms with Gasteiger partial charge in [0.1, 0.15) is 6.04 Å². The third-order valence-corrected chi connectivity index (χ3v) is 2.16. The molecule has 8 nitrogen and oxygen atoms in total. The SMILES string of the molecule is O=C(O)CC(NC(=O)NCc1cccnc1)C(=O)O. The summed E-state index contributed by atoms with van der Waals surface area (Å²) in [4.78, 5) is 36.4. The van der Waals surface area contributed by atoms with E-state index in [0.717, 1.165) is 5.56 Å². The maximum atomic E-state index is 11.4. The average molecular weight is 267 g/mol. The van der Waals surface area contributed by atoms with E-state index in [2.05, 4.69) is 15.6 Å². The number of carboxylic acid groups (broad SMARTS) is 2. The molecule has 1 aromatic rings.